The van der Waals surface area contributed by atoms with Crippen LogP contribution in [0.3, 0.4) is 0 Å². The number of hydrogen-bond donors (Lipinski definition) is 1. The summed E-state index contributed by atoms with van der Waals surface area (Å²) in [6, 6.07) is 21.7. The van der Waals surface area contributed by atoms with Crippen LogP contribution < -0.4 is 10.1 Å². The smallest absolute Gasteiger partial charge is 0.227 e. The number of nitrogens with zero attached hydrogens (tertiary/aromatic N) is 1. The van der Waals surface area contributed by atoms with Crippen molar-refractivity contribution >= 4 is 11.8 Å². The summed E-state index contributed by atoms with van der Waals surface area (Å²) >= 11 is 0. The second-order valence-electron chi connectivity index (χ2n) is 8.24. The van der Waals surface area contributed by atoms with Gasteiger partial charge in [-0.05, 0) is 41.3 Å². The highest BCUT2D eigenvalue weighted by Gasteiger charge is 2.27. The molecule has 0 unspecified atom stereocenters. The van der Waals surface area contributed by atoms with Crippen LogP contribution >= 0.6 is 0 Å². The second kappa shape index (κ2) is 10.3. The number of ether oxygens (including phenoxy) is 1. The molecular formula is C27H27FN2O3. The summed E-state index contributed by atoms with van der Waals surface area (Å²) < 4.78 is 19.3. The highest BCUT2D eigenvalue weighted by atomic mass is 19.1. The molecule has 0 saturated carbocycles. The normalized spacial score (nSPS) is 16.1. The maximum Gasteiger partial charge on any atom is 0.227 e. The van der Waals surface area contributed by atoms with Crippen LogP contribution in [-0.4, -0.2) is 43.5 Å². The zero-order valence-corrected chi connectivity index (χ0v) is 18.6. The highest BCUT2D eigenvalue weighted by molar-refractivity contribution is 5.83. The Labute approximate surface area is 193 Å². The fraction of sp³-hybridized carbons (Fsp3) is 0.259. The third-order valence-electron chi connectivity index (χ3n) is 5.96. The van der Waals surface area contributed by atoms with Crippen molar-refractivity contribution < 1.29 is 18.7 Å². The molecule has 1 aliphatic heterocycles. The molecule has 170 valence electrons. The molecule has 4 rings (SSSR count). The molecule has 1 heterocycles. The van der Waals surface area contributed by atoms with Gasteiger partial charge >= 0.3 is 0 Å². The van der Waals surface area contributed by atoms with Gasteiger partial charge in [-0.2, -0.15) is 0 Å². The van der Waals surface area contributed by atoms with E-state index in [0.717, 1.165) is 16.7 Å². The Kier molecular flexibility index (Phi) is 7.03. The summed E-state index contributed by atoms with van der Waals surface area (Å²) in [5, 5.41) is 2.92. The predicted octanol–water partition coefficient (Wildman–Crippen LogP) is 3.86. The summed E-state index contributed by atoms with van der Waals surface area (Å²) in [5.41, 5.74) is 3.18. The Morgan fingerprint density at radius 3 is 2.61 bits per heavy atom. The predicted molar refractivity (Wildman–Crippen MR) is 125 cm³/mol. The van der Waals surface area contributed by atoms with Crippen LogP contribution in [0.25, 0.3) is 11.1 Å². The average Bonchev–Trinajstić information content (AvgIpc) is 3.01. The van der Waals surface area contributed by atoms with E-state index in [1.54, 1.807) is 30.2 Å². The standard InChI is InChI=1S/C27H27FN2O3/c1-33-23-6-4-5-20(16-23)17-26(31)30-14-13-29-27(32)22(18-30)15-19-9-11-21(12-10-19)24-7-2-3-8-25(24)28/h2-12,16,22H,13-15,17-18H2,1H3,(H,29,32)/t22-/m1/s1. The molecule has 0 radical (unpaired) electrons. The van der Waals surface area contributed by atoms with Gasteiger partial charge in [0, 0.05) is 25.2 Å². The summed E-state index contributed by atoms with van der Waals surface area (Å²) in [6.45, 7) is 1.28. The van der Waals surface area contributed by atoms with Crippen LogP contribution in [0.4, 0.5) is 4.39 Å². The van der Waals surface area contributed by atoms with Gasteiger partial charge in [-0.25, -0.2) is 4.39 Å². The van der Waals surface area contributed by atoms with Crippen molar-refractivity contribution in [1.29, 1.82) is 0 Å². The number of benzene rings is 3. The lowest BCUT2D eigenvalue weighted by Crippen LogP contribution is -2.38. The van der Waals surface area contributed by atoms with Gasteiger partial charge in [-0.3, -0.25) is 9.59 Å². The maximum absolute atomic E-state index is 14.1. The van der Waals surface area contributed by atoms with Gasteiger partial charge in [-0.1, -0.05) is 54.6 Å². The van der Waals surface area contributed by atoms with Crippen LogP contribution in [-0.2, 0) is 22.4 Å². The first-order valence-electron chi connectivity index (χ1n) is 11.1. The third-order valence-corrected chi connectivity index (χ3v) is 5.96. The number of nitrogens with one attached hydrogen (secondary N) is 1. The van der Waals surface area contributed by atoms with Crippen molar-refractivity contribution in [3.8, 4) is 16.9 Å². The van der Waals surface area contributed by atoms with E-state index in [-0.39, 0.29) is 30.0 Å². The lowest BCUT2D eigenvalue weighted by atomic mass is 9.95. The summed E-state index contributed by atoms with van der Waals surface area (Å²) in [4.78, 5) is 27.4. The first-order chi connectivity index (χ1) is 16.0. The van der Waals surface area contributed by atoms with E-state index in [4.69, 9.17) is 4.74 Å². The van der Waals surface area contributed by atoms with Crippen LogP contribution in [0.5, 0.6) is 5.75 Å². The van der Waals surface area contributed by atoms with E-state index in [9.17, 15) is 14.0 Å². The van der Waals surface area contributed by atoms with Crippen LogP contribution in [0.2, 0.25) is 0 Å². The number of rotatable bonds is 6. The molecule has 0 bridgehead atoms. The van der Waals surface area contributed by atoms with Gasteiger partial charge in [0.15, 0.2) is 0 Å². The Morgan fingerprint density at radius 2 is 1.85 bits per heavy atom. The van der Waals surface area contributed by atoms with Crippen molar-refractivity contribution in [1.82, 2.24) is 10.2 Å². The topological polar surface area (TPSA) is 58.6 Å². The quantitative estimate of drug-likeness (QED) is 0.626. The molecule has 33 heavy (non-hydrogen) atoms. The lowest BCUT2D eigenvalue weighted by molar-refractivity contribution is -0.131. The monoisotopic (exact) mass is 446 g/mol. The molecule has 3 aromatic carbocycles. The molecule has 1 fully saturated rings. The van der Waals surface area contributed by atoms with E-state index < -0.39 is 0 Å². The van der Waals surface area contributed by atoms with Crippen molar-refractivity contribution in [2.24, 2.45) is 5.92 Å². The van der Waals surface area contributed by atoms with Crippen LogP contribution in [0.15, 0.2) is 72.8 Å². The molecular weight excluding hydrogens is 419 g/mol. The number of carbonyl (C=O) groups excluding carboxylic acids is 2. The Bertz CT molecular complexity index is 1130. The number of methoxy groups -OCH3 is 1. The molecule has 0 spiro atoms. The molecule has 1 aliphatic rings. The van der Waals surface area contributed by atoms with Gasteiger partial charge < -0.3 is 15.0 Å². The molecule has 0 aromatic heterocycles. The molecule has 6 heteroatoms. The second-order valence-corrected chi connectivity index (χ2v) is 8.24. The summed E-state index contributed by atoms with van der Waals surface area (Å²) in [5.74, 6) is 0.0360. The first kappa shape index (κ1) is 22.5. The summed E-state index contributed by atoms with van der Waals surface area (Å²) in [7, 11) is 1.60. The first-order valence-corrected chi connectivity index (χ1v) is 11.1. The molecule has 0 aliphatic carbocycles. The molecule has 1 atom stereocenters. The average molecular weight is 447 g/mol. The number of amides is 2. The highest BCUT2D eigenvalue weighted by Crippen LogP contribution is 2.24. The number of halogens is 1. The van der Waals surface area contributed by atoms with E-state index >= 15 is 0 Å². The van der Waals surface area contributed by atoms with Gasteiger partial charge in [0.2, 0.25) is 11.8 Å². The van der Waals surface area contributed by atoms with E-state index in [2.05, 4.69) is 5.32 Å². The van der Waals surface area contributed by atoms with Gasteiger partial charge in [0.1, 0.15) is 11.6 Å². The van der Waals surface area contributed by atoms with E-state index in [1.807, 2.05) is 48.5 Å². The Hall–Kier alpha value is -3.67. The van der Waals surface area contributed by atoms with Gasteiger partial charge in [0.05, 0.1) is 19.4 Å². The van der Waals surface area contributed by atoms with E-state index in [1.165, 1.54) is 6.07 Å². The van der Waals surface area contributed by atoms with Crippen molar-refractivity contribution in [3.63, 3.8) is 0 Å². The lowest BCUT2D eigenvalue weighted by Gasteiger charge is -2.23. The fourth-order valence-corrected chi connectivity index (χ4v) is 4.15. The van der Waals surface area contributed by atoms with Crippen molar-refractivity contribution in [2.75, 3.05) is 26.7 Å². The fourth-order valence-electron chi connectivity index (χ4n) is 4.15. The zero-order valence-electron chi connectivity index (χ0n) is 18.6. The minimum atomic E-state index is -0.346. The SMILES string of the molecule is COc1cccc(CC(=O)N2CCNC(=O)[C@H](Cc3ccc(-c4ccccc4F)cc3)C2)c1. The minimum absolute atomic E-state index is 0.0142. The Balaban J connectivity index is 1.44. The maximum atomic E-state index is 14.1. The molecule has 1 saturated heterocycles. The number of carbonyl (C=O) groups is 2. The summed E-state index contributed by atoms with van der Waals surface area (Å²) in [6.07, 6.45) is 0.766. The van der Waals surface area contributed by atoms with Crippen molar-refractivity contribution in [3.05, 3.63) is 89.7 Å². The van der Waals surface area contributed by atoms with Gasteiger partial charge in [0.25, 0.3) is 0 Å². The van der Waals surface area contributed by atoms with Crippen LogP contribution in [0, 0.1) is 11.7 Å². The Morgan fingerprint density at radius 1 is 1.06 bits per heavy atom. The zero-order chi connectivity index (χ0) is 23.2. The largest absolute Gasteiger partial charge is 0.497 e. The molecule has 5 nitrogen and oxygen atoms in total. The third kappa shape index (κ3) is 5.58. The molecule has 3 aromatic rings. The van der Waals surface area contributed by atoms with Crippen molar-refractivity contribution in [2.45, 2.75) is 12.8 Å². The molecule has 1 N–H and O–H groups in total. The number of hydrogen-bond acceptors (Lipinski definition) is 3. The molecule has 2 amide bonds. The van der Waals surface area contributed by atoms with Gasteiger partial charge in [-0.15, -0.1) is 0 Å². The van der Waals surface area contributed by atoms with Crippen LogP contribution in [0.1, 0.15) is 11.1 Å². The minimum Gasteiger partial charge on any atom is -0.497 e. The van der Waals surface area contributed by atoms with E-state index in [0.29, 0.717) is 37.4 Å².